The molecule has 1 aliphatic rings. The quantitative estimate of drug-likeness (QED) is 0.749. The number of hydrogen-bond donors (Lipinski definition) is 0. The van der Waals surface area contributed by atoms with E-state index < -0.39 is 0 Å². The molecule has 92 valence electrons. The van der Waals surface area contributed by atoms with Gasteiger partial charge in [-0.05, 0) is 42.5 Å². The normalized spacial score (nSPS) is 24.8. The molecular formula is C14H18ClNO. The van der Waals surface area contributed by atoms with Crippen molar-refractivity contribution in [2.75, 3.05) is 13.1 Å². The summed E-state index contributed by atoms with van der Waals surface area (Å²) < 4.78 is 0. The first-order valence-corrected chi connectivity index (χ1v) is 6.49. The van der Waals surface area contributed by atoms with E-state index in [2.05, 4.69) is 13.8 Å². The minimum Gasteiger partial charge on any atom is -0.338 e. The number of nitrogens with zero attached hydrogens (tertiary/aromatic N) is 1. The molecule has 2 nitrogen and oxygen atoms in total. The van der Waals surface area contributed by atoms with E-state index in [1.807, 2.05) is 4.90 Å². The fraction of sp³-hybridized carbons (Fsp3) is 0.500. The van der Waals surface area contributed by atoms with Crippen LogP contribution in [-0.4, -0.2) is 23.9 Å². The van der Waals surface area contributed by atoms with E-state index >= 15 is 0 Å². The van der Waals surface area contributed by atoms with Crippen LogP contribution in [0.2, 0.25) is 5.02 Å². The number of hydrogen-bond acceptors (Lipinski definition) is 1. The highest BCUT2D eigenvalue weighted by Crippen LogP contribution is 2.22. The maximum Gasteiger partial charge on any atom is 0.253 e. The summed E-state index contributed by atoms with van der Waals surface area (Å²) in [5, 5.41) is 0.668. The van der Waals surface area contributed by atoms with Crippen LogP contribution in [0.15, 0.2) is 24.3 Å². The van der Waals surface area contributed by atoms with Crippen molar-refractivity contribution in [2.24, 2.45) is 11.8 Å². The second-order valence-electron chi connectivity index (χ2n) is 5.16. The van der Waals surface area contributed by atoms with Gasteiger partial charge in [-0.15, -0.1) is 0 Å². The molecule has 0 N–H and O–H groups in total. The van der Waals surface area contributed by atoms with Gasteiger partial charge in [0.05, 0.1) is 0 Å². The third-order valence-corrected chi connectivity index (χ3v) is 3.50. The summed E-state index contributed by atoms with van der Waals surface area (Å²) in [4.78, 5) is 14.2. The standard InChI is InChI=1S/C14H18ClNO/c1-10-7-11(2)9-16(8-10)14(17)12-3-5-13(15)6-4-12/h3-6,10-11H,7-9H2,1-2H3/t10-,11+. The van der Waals surface area contributed by atoms with Crippen LogP contribution in [0.4, 0.5) is 0 Å². The van der Waals surface area contributed by atoms with Gasteiger partial charge in [0, 0.05) is 23.7 Å². The first kappa shape index (κ1) is 12.4. The average molecular weight is 252 g/mol. The smallest absolute Gasteiger partial charge is 0.253 e. The van der Waals surface area contributed by atoms with Gasteiger partial charge < -0.3 is 4.90 Å². The molecule has 0 bridgehead atoms. The molecule has 17 heavy (non-hydrogen) atoms. The van der Waals surface area contributed by atoms with Crippen LogP contribution in [0.1, 0.15) is 30.6 Å². The highest BCUT2D eigenvalue weighted by molar-refractivity contribution is 6.30. The second-order valence-corrected chi connectivity index (χ2v) is 5.60. The third-order valence-electron chi connectivity index (χ3n) is 3.25. The summed E-state index contributed by atoms with van der Waals surface area (Å²) in [6.45, 7) is 6.15. The molecule has 1 fully saturated rings. The van der Waals surface area contributed by atoms with Crippen molar-refractivity contribution in [1.82, 2.24) is 4.90 Å². The topological polar surface area (TPSA) is 20.3 Å². The summed E-state index contributed by atoms with van der Waals surface area (Å²) >= 11 is 5.82. The number of piperidine rings is 1. The average Bonchev–Trinajstić information content (AvgIpc) is 2.28. The molecule has 0 radical (unpaired) electrons. The lowest BCUT2D eigenvalue weighted by Gasteiger charge is -2.35. The zero-order valence-electron chi connectivity index (χ0n) is 10.3. The molecule has 1 aromatic rings. The van der Waals surface area contributed by atoms with Crippen LogP contribution in [0, 0.1) is 11.8 Å². The molecule has 0 saturated carbocycles. The molecule has 2 atom stereocenters. The van der Waals surface area contributed by atoms with Gasteiger partial charge in [-0.3, -0.25) is 4.79 Å². The lowest BCUT2D eigenvalue weighted by atomic mass is 9.91. The molecule has 0 aliphatic carbocycles. The molecule has 1 aromatic carbocycles. The summed E-state index contributed by atoms with van der Waals surface area (Å²) in [5.41, 5.74) is 0.732. The molecule has 3 heteroatoms. The minimum absolute atomic E-state index is 0.125. The van der Waals surface area contributed by atoms with Gasteiger partial charge in [-0.25, -0.2) is 0 Å². The van der Waals surface area contributed by atoms with E-state index in [0.717, 1.165) is 18.7 Å². The fourth-order valence-electron chi connectivity index (χ4n) is 2.60. The largest absolute Gasteiger partial charge is 0.338 e. The maximum atomic E-state index is 12.3. The Morgan fingerprint density at radius 1 is 1.18 bits per heavy atom. The number of likely N-dealkylation sites (tertiary alicyclic amines) is 1. The minimum atomic E-state index is 0.125. The third kappa shape index (κ3) is 3.01. The van der Waals surface area contributed by atoms with Crippen LogP contribution in [-0.2, 0) is 0 Å². The van der Waals surface area contributed by atoms with Crippen LogP contribution in [0.5, 0.6) is 0 Å². The molecule has 1 heterocycles. The first-order chi connectivity index (χ1) is 8.06. The second kappa shape index (κ2) is 5.09. The Labute approximate surface area is 108 Å². The van der Waals surface area contributed by atoms with Gasteiger partial charge in [0.1, 0.15) is 0 Å². The van der Waals surface area contributed by atoms with Crippen molar-refractivity contribution in [3.05, 3.63) is 34.9 Å². The summed E-state index contributed by atoms with van der Waals surface area (Å²) in [6.07, 6.45) is 1.21. The monoisotopic (exact) mass is 251 g/mol. The molecule has 1 aliphatic heterocycles. The van der Waals surface area contributed by atoms with E-state index in [9.17, 15) is 4.79 Å². The number of amides is 1. The van der Waals surface area contributed by atoms with Crippen molar-refractivity contribution in [3.8, 4) is 0 Å². The number of benzene rings is 1. The molecule has 1 saturated heterocycles. The number of rotatable bonds is 1. The molecule has 0 aromatic heterocycles. The summed E-state index contributed by atoms with van der Waals surface area (Å²) in [7, 11) is 0. The van der Waals surface area contributed by atoms with E-state index in [-0.39, 0.29) is 5.91 Å². The Balaban J connectivity index is 2.11. The Hall–Kier alpha value is -1.02. The number of carbonyl (C=O) groups is 1. The van der Waals surface area contributed by atoms with Crippen molar-refractivity contribution >= 4 is 17.5 Å². The molecule has 0 unspecified atom stereocenters. The lowest BCUT2D eigenvalue weighted by Crippen LogP contribution is -2.42. The number of halogens is 1. The lowest BCUT2D eigenvalue weighted by molar-refractivity contribution is 0.0623. The molecule has 2 rings (SSSR count). The predicted octanol–water partition coefficient (Wildman–Crippen LogP) is 3.46. The van der Waals surface area contributed by atoms with Crippen LogP contribution in [0.25, 0.3) is 0 Å². The SMILES string of the molecule is C[C@@H]1C[C@H](C)CN(C(=O)c2ccc(Cl)cc2)C1. The zero-order chi connectivity index (χ0) is 12.4. The maximum absolute atomic E-state index is 12.3. The predicted molar refractivity (Wildman–Crippen MR) is 70.3 cm³/mol. The van der Waals surface area contributed by atoms with E-state index in [1.54, 1.807) is 24.3 Å². The van der Waals surface area contributed by atoms with Crippen LogP contribution < -0.4 is 0 Å². The Morgan fingerprint density at radius 3 is 2.24 bits per heavy atom. The molecule has 1 amide bonds. The summed E-state index contributed by atoms with van der Waals surface area (Å²) in [6, 6.07) is 7.14. The van der Waals surface area contributed by atoms with Crippen LogP contribution in [0.3, 0.4) is 0 Å². The fourth-order valence-corrected chi connectivity index (χ4v) is 2.73. The van der Waals surface area contributed by atoms with Gasteiger partial charge >= 0.3 is 0 Å². The van der Waals surface area contributed by atoms with Crippen molar-refractivity contribution in [2.45, 2.75) is 20.3 Å². The Morgan fingerprint density at radius 2 is 1.71 bits per heavy atom. The highest BCUT2D eigenvalue weighted by Gasteiger charge is 2.25. The van der Waals surface area contributed by atoms with Gasteiger partial charge in [-0.2, -0.15) is 0 Å². The number of carbonyl (C=O) groups excluding carboxylic acids is 1. The van der Waals surface area contributed by atoms with Crippen LogP contribution >= 0.6 is 11.6 Å². The highest BCUT2D eigenvalue weighted by atomic mass is 35.5. The van der Waals surface area contributed by atoms with E-state index in [1.165, 1.54) is 6.42 Å². The van der Waals surface area contributed by atoms with E-state index in [4.69, 9.17) is 11.6 Å². The van der Waals surface area contributed by atoms with Crippen molar-refractivity contribution < 1.29 is 4.79 Å². The zero-order valence-corrected chi connectivity index (χ0v) is 11.1. The molecular weight excluding hydrogens is 234 g/mol. The molecule has 0 spiro atoms. The Bertz CT molecular complexity index is 391. The van der Waals surface area contributed by atoms with Crippen molar-refractivity contribution in [1.29, 1.82) is 0 Å². The van der Waals surface area contributed by atoms with Gasteiger partial charge in [0.25, 0.3) is 5.91 Å². The van der Waals surface area contributed by atoms with Gasteiger partial charge in [-0.1, -0.05) is 25.4 Å². The summed E-state index contributed by atoms with van der Waals surface area (Å²) in [5.74, 6) is 1.31. The van der Waals surface area contributed by atoms with Gasteiger partial charge in [0.2, 0.25) is 0 Å². The Kier molecular flexibility index (Phi) is 3.72. The van der Waals surface area contributed by atoms with Gasteiger partial charge in [0.15, 0.2) is 0 Å². The van der Waals surface area contributed by atoms with Crippen molar-refractivity contribution in [3.63, 3.8) is 0 Å². The first-order valence-electron chi connectivity index (χ1n) is 6.11. The van der Waals surface area contributed by atoms with E-state index in [0.29, 0.717) is 16.9 Å².